The van der Waals surface area contributed by atoms with E-state index in [1.807, 2.05) is 13.0 Å². The van der Waals surface area contributed by atoms with Crippen LogP contribution in [0.5, 0.6) is 5.75 Å². The monoisotopic (exact) mass is 436 g/mol. The van der Waals surface area contributed by atoms with Crippen LogP contribution in [0.25, 0.3) is 0 Å². The molecule has 31 heavy (non-hydrogen) atoms. The lowest BCUT2D eigenvalue weighted by atomic mass is 9.77. The van der Waals surface area contributed by atoms with E-state index in [4.69, 9.17) is 14.7 Å². The Hall–Kier alpha value is -3.57. The van der Waals surface area contributed by atoms with E-state index in [2.05, 4.69) is 0 Å². The first-order valence-electron chi connectivity index (χ1n) is 9.75. The molecule has 0 aromatic heterocycles. The van der Waals surface area contributed by atoms with Gasteiger partial charge in [0.05, 0.1) is 5.92 Å². The molecule has 158 valence electrons. The number of nitrogens with two attached hydrogens (primary N) is 1. The lowest BCUT2D eigenvalue weighted by molar-refractivity contribution is -0.116. The Bertz CT molecular complexity index is 1270. The molecule has 0 saturated heterocycles. The van der Waals surface area contributed by atoms with E-state index in [9.17, 15) is 18.5 Å². The van der Waals surface area contributed by atoms with Gasteiger partial charge in [0.2, 0.25) is 5.88 Å². The number of hydrogen-bond donors (Lipinski definition) is 1. The summed E-state index contributed by atoms with van der Waals surface area (Å²) in [6, 6.07) is 14.7. The van der Waals surface area contributed by atoms with Crippen molar-refractivity contribution in [1.82, 2.24) is 0 Å². The van der Waals surface area contributed by atoms with E-state index >= 15 is 0 Å². The van der Waals surface area contributed by atoms with E-state index in [-0.39, 0.29) is 27.9 Å². The Morgan fingerprint density at radius 3 is 2.55 bits per heavy atom. The van der Waals surface area contributed by atoms with Crippen molar-refractivity contribution in [2.24, 2.45) is 5.73 Å². The summed E-state index contributed by atoms with van der Waals surface area (Å²) in [7, 11) is -4.13. The fourth-order valence-electron chi connectivity index (χ4n) is 3.83. The molecule has 1 heterocycles. The van der Waals surface area contributed by atoms with Crippen molar-refractivity contribution in [2.75, 3.05) is 0 Å². The van der Waals surface area contributed by atoms with Gasteiger partial charge in [0.1, 0.15) is 28.0 Å². The Balaban J connectivity index is 1.83. The molecule has 1 aliphatic heterocycles. The molecular weight excluding hydrogens is 416 g/mol. The van der Waals surface area contributed by atoms with Gasteiger partial charge in [-0.1, -0.05) is 35.9 Å². The number of nitriles is 1. The molecular formula is C23H20N2O5S. The van der Waals surface area contributed by atoms with E-state index < -0.39 is 16.0 Å². The molecule has 2 aromatic carbocycles. The summed E-state index contributed by atoms with van der Waals surface area (Å²) >= 11 is 0. The first kappa shape index (κ1) is 20.7. The van der Waals surface area contributed by atoms with Crippen LogP contribution in [0.4, 0.5) is 0 Å². The molecule has 0 bridgehead atoms. The number of carbonyl (C=O) groups is 1. The highest BCUT2D eigenvalue weighted by molar-refractivity contribution is 7.87. The smallest absolute Gasteiger partial charge is 0.339 e. The summed E-state index contributed by atoms with van der Waals surface area (Å²) in [5.41, 5.74) is 7.65. The van der Waals surface area contributed by atoms with Crippen LogP contribution in [0, 0.1) is 18.3 Å². The minimum Gasteiger partial charge on any atom is -0.444 e. The number of carbonyl (C=O) groups excluding carboxylic acids is 1. The quantitative estimate of drug-likeness (QED) is 0.728. The molecule has 0 spiro atoms. The van der Waals surface area contributed by atoms with E-state index in [0.29, 0.717) is 36.2 Å². The number of para-hydroxylation sites is 1. The number of ether oxygens (including phenoxy) is 1. The minimum absolute atomic E-state index is 0.00379. The molecule has 0 fully saturated rings. The van der Waals surface area contributed by atoms with Gasteiger partial charge in [-0.2, -0.15) is 13.7 Å². The number of Topliss-reactive ketones (excluding diaryl/α,β-unsaturated/α-hetero) is 1. The molecule has 4 rings (SSSR count). The average Bonchev–Trinajstić information content (AvgIpc) is 2.73. The van der Waals surface area contributed by atoms with Crippen LogP contribution in [0.2, 0.25) is 0 Å². The summed E-state index contributed by atoms with van der Waals surface area (Å²) < 4.78 is 36.8. The Morgan fingerprint density at radius 2 is 1.84 bits per heavy atom. The molecule has 1 unspecified atom stereocenters. The third kappa shape index (κ3) is 3.80. The fourth-order valence-corrected chi connectivity index (χ4v) is 4.79. The van der Waals surface area contributed by atoms with Crippen molar-refractivity contribution < 1.29 is 22.1 Å². The number of nitrogens with zero attached hydrogens (tertiary/aromatic N) is 1. The van der Waals surface area contributed by atoms with Gasteiger partial charge in [0.15, 0.2) is 5.78 Å². The molecule has 8 heteroatoms. The number of ketones is 1. The molecule has 0 amide bonds. The molecule has 1 atom stereocenters. The predicted molar refractivity (Wildman–Crippen MR) is 112 cm³/mol. The molecule has 2 aromatic rings. The molecule has 1 aliphatic carbocycles. The van der Waals surface area contributed by atoms with Gasteiger partial charge in [-0.15, -0.1) is 0 Å². The second kappa shape index (κ2) is 7.93. The SMILES string of the molecule is Cc1ccc(S(=O)(=O)Oc2ccccc2C2C(C#N)=C(N)OC3=C2C(=O)CCC3)cc1. The third-order valence-electron chi connectivity index (χ3n) is 5.34. The van der Waals surface area contributed by atoms with Crippen molar-refractivity contribution in [3.05, 3.63) is 82.4 Å². The maximum absolute atomic E-state index is 12.9. The molecule has 0 radical (unpaired) electrons. The Morgan fingerprint density at radius 1 is 1.13 bits per heavy atom. The van der Waals surface area contributed by atoms with Crippen molar-refractivity contribution >= 4 is 15.9 Å². The minimum atomic E-state index is -4.13. The predicted octanol–water partition coefficient (Wildman–Crippen LogP) is 3.58. The van der Waals surface area contributed by atoms with Gasteiger partial charge in [-0.05, 0) is 31.5 Å². The zero-order chi connectivity index (χ0) is 22.2. The normalized spacial score (nSPS) is 18.8. The zero-order valence-electron chi connectivity index (χ0n) is 16.8. The Kier molecular flexibility index (Phi) is 5.29. The summed E-state index contributed by atoms with van der Waals surface area (Å²) in [4.78, 5) is 12.8. The maximum atomic E-state index is 12.9. The van der Waals surface area contributed by atoms with Crippen molar-refractivity contribution in [2.45, 2.75) is 37.0 Å². The molecule has 7 nitrogen and oxygen atoms in total. The molecule has 2 aliphatic rings. The first-order chi connectivity index (χ1) is 14.8. The number of rotatable bonds is 4. The van der Waals surface area contributed by atoms with Crippen molar-refractivity contribution in [3.8, 4) is 11.8 Å². The Labute approximate surface area is 180 Å². The van der Waals surface area contributed by atoms with Crippen LogP contribution >= 0.6 is 0 Å². The lowest BCUT2D eigenvalue weighted by Crippen LogP contribution is -2.27. The third-order valence-corrected chi connectivity index (χ3v) is 6.59. The molecule has 2 N–H and O–H groups in total. The van der Waals surface area contributed by atoms with Gasteiger partial charge in [-0.3, -0.25) is 4.79 Å². The second-order valence-corrected chi connectivity index (χ2v) is 8.97. The van der Waals surface area contributed by atoms with Gasteiger partial charge in [0.25, 0.3) is 0 Å². The van der Waals surface area contributed by atoms with Crippen molar-refractivity contribution in [1.29, 1.82) is 5.26 Å². The van der Waals surface area contributed by atoms with E-state index in [0.717, 1.165) is 5.56 Å². The van der Waals surface area contributed by atoms with E-state index in [1.54, 1.807) is 30.3 Å². The summed E-state index contributed by atoms with van der Waals surface area (Å²) in [5, 5.41) is 9.74. The van der Waals surface area contributed by atoms with Crippen LogP contribution in [-0.4, -0.2) is 14.2 Å². The van der Waals surface area contributed by atoms with Gasteiger partial charge < -0.3 is 14.7 Å². The first-order valence-corrected chi connectivity index (χ1v) is 11.2. The van der Waals surface area contributed by atoms with Crippen LogP contribution in [0.15, 0.2) is 76.2 Å². The number of allylic oxidation sites excluding steroid dienone is 3. The van der Waals surface area contributed by atoms with Gasteiger partial charge in [0, 0.05) is 24.0 Å². The van der Waals surface area contributed by atoms with Crippen molar-refractivity contribution in [3.63, 3.8) is 0 Å². The highest BCUT2D eigenvalue weighted by Gasteiger charge is 2.39. The van der Waals surface area contributed by atoms with Gasteiger partial charge in [-0.25, -0.2) is 0 Å². The molecule has 0 saturated carbocycles. The van der Waals surface area contributed by atoms with Crippen LogP contribution < -0.4 is 9.92 Å². The topological polar surface area (TPSA) is 119 Å². The number of hydrogen-bond acceptors (Lipinski definition) is 7. The number of aryl methyl sites for hydroxylation is 1. The second-order valence-electron chi connectivity index (χ2n) is 7.43. The fraction of sp³-hybridized carbons (Fsp3) is 0.217. The van der Waals surface area contributed by atoms with Crippen LogP contribution in [0.3, 0.4) is 0 Å². The lowest BCUT2D eigenvalue weighted by Gasteiger charge is -2.31. The maximum Gasteiger partial charge on any atom is 0.339 e. The largest absolute Gasteiger partial charge is 0.444 e. The van der Waals surface area contributed by atoms with Crippen LogP contribution in [-0.2, 0) is 19.6 Å². The van der Waals surface area contributed by atoms with Crippen LogP contribution in [0.1, 0.15) is 36.3 Å². The number of benzene rings is 2. The zero-order valence-corrected chi connectivity index (χ0v) is 17.6. The van der Waals surface area contributed by atoms with E-state index in [1.165, 1.54) is 18.2 Å². The average molecular weight is 436 g/mol. The summed E-state index contributed by atoms with van der Waals surface area (Å²) in [6.07, 6.45) is 1.46. The summed E-state index contributed by atoms with van der Waals surface area (Å²) in [6.45, 7) is 1.85. The summed E-state index contributed by atoms with van der Waals surface area (Å²) in [5.74, 6) is -0.638. The van der Waals surface area contributed by atoms with Gasteiger partial charge >= 0.3 is 10.1 Å². The standard InChI is InChI=1S/C23H20N2O5S/c1-14-9-11-15(12-10-14)31(27,28)30-19-7-3-2-5-16(19)21-17(13-24)23(25)29-20-8-4-6-18(26)22(20)21/h2-3,5,7,9-12,21H,4,6,8,25H2,1H3. The highest BCUT2D eigenvalue weighted by atomic mass is 32.2. The highest BCUT2D eigenvalue weighted by Crippen LogP contribution is 2.46.